The topological polar surface area (TPSA) is 60.3 Å². The summed E-state index contributed by atoms with van der Waals surface area (Å²) in [6, 6.07) is 16.2. The molecule has 3 aromatic rings. The van der Waals surface area contributed by atoms with Gasteiger partial charge in [-0.3, -0.25) is 0 Å². The molecule has 1 atom stereocenters. The molecule has 0 bridgehead atoms. The van der Waals surface area contributed by atoms with Crippen LogP contribution in [-0.4, -0.2) is 34.2 Å². The fourth-order valence-electron chi connectivity index (χ4n) is 3.10. The maximum atomic E-state index is 11.4. The molecule has 0 aliphatic carbocycles. The number of carbonyl (C=O) groups excluding carboxylic acids is 2. The number of carbonyl (C=O) groups is 2. The zero-order chi connectivity index (χ0) is 16.5. The van der Waals surface area contributed by atoms with Crippen molar-refractivity contribution in [1.29, 1.82) is 0 Å². The van der Waals surface area contributed by atoms with E-state index in [-0.39, 0.29) is 0 Å². The quantitative estimate of drug-likeness (QED) is 0.440. The highest BCUT2D eigenvalue weighted by Crippen LogP contribution is 2.28. The average Bonchev–Trinajstić information content (AvgIpc) is 3.09. The molecule has 24 heavy (non-hydrogen) atoms. The lowest BCUT2D eigenvalue weighted by Crippen LogP contribution is -2.31. The van der Waals surface area contributed by atoms with E-state index in [1.807, 2.05) is 0 Å². The van der Waals surface area contributed by atoms with E-state index in [9.17, 15) is 9.59 Å². The monoisotopic (exact) mass is 340 g/mol. The summed E-state index contributed by atoms with van der Waals surface area (Å²) >= 11 is 1.64. The molecule has 1 saturated heterocycles. The van der Waals surface area contributed by atoms with Crippen molar-refractivity contribution >= 4 is 45.6 Å². The number of nitrogens with one attached hydrogen (secondary N) is 1. The first-order valence-electron chi connectivity index (χ1n) is 7.80. The Morgan fingerprint density at radius 2 is 1.62 bits per heavy atom. The number of fused-ring (bicyclic) bond motifs is 3. The molecule has 122 valence electrons. The van der Waals surface area contributed by atoms with Crippen molar-refractivity contribution in [3.63, 3.8) is 0 Å². The van der Waals surface area contributed by atoms with E-state index >= 15 is 0 Å². The fraction of sp³-hybridized carbons (Fsp3) is 0.222. The third-order valence-electron chi connectivity index (χ3n) is 4.19. The number of rotatable bonds is 5. The van der Waals surface area contributed by atoms with E-state index in [4.69, 9.17) is 0 Å². The number of aromatic nitrogens is 1. The number of cyclic esters (lactones) is 2. The number of nitrogens with zero attached hydrogens (tertiary/aromatic N) is 1. The Labute approximate surface area is 143 Å². The second-order valence-electron chi connectivity index (χ2n) is 5.67. The molecule has 6 heteroatoms. The third kappa shape index (κ3) is 2.63. The molecule has 2 aromatic carbocycles. The van der Waals surface area contributed by atoms with Gasteiger partial charge in [0, 0.05) is 39.9 Å². The Kier molecular flexibility index (Phi) is 3.90. The van der Waals surface area contributed by atoms with Gasteiger partial charge in [-0.25, -0.2) is 9.59 Å². The minimum atomic E-state index is -0.645. The van der Waals surface area contributed by atoms with Crippen molar-refractivity contribution in [2.45, 2.75) is 12.6 Å². The lowest BCUT2D eigenvalue weighted by Gasteiger charge is -2.09. The summed E-state index contributed by atoms with van der Waals surface area (Å²) in [5.41, 5.74) is 2.43. The summed E-state index contributed by atoms with van der Waals surface area (Å²) in [6.45, 7) is 0.842. The summed E-state index contributed by atoms with van der Waals surface area (Å²) < 4.78 is 6.79. The second-order valence-corrected chi connectivity index (χ2v) is 6.82. The number of benzene rings is 2. The van der Waals surface area contributed by atoms with Crippen LogP contribution in [0.15, 0.2) is 48.5 Å². The van der Waals surface area contributed by atoms with Gasteiger partial charge in [0.25, 0.3) is 0 Å². The summed E-state index contributed by atoms with van der Waals surface area (Å²) in [5, 5.41) is 5.03. The Bertz CT molecular complexity index is 881. The van der Waals surface area contributed by atoms with Gasteiger partial charge in [0.15, 0.2) is 0 Å². The number of aryl methyl sites for hydroxylation is 1. The van der Waals surface area contributed by atoms with Crippen molar-refractivity contribution in [2.24, 2.45) is 0 Å². The number of ether oxygens (including phenoxy) is 1. The fourth-order valence-corrected chi connectivity index (χ4v) is 4.04. The van der Waals surface area contributed by atoms with Gasteiger partial charge in [-0.2, -0.15) is 11.8 Å². The van der Waals surface area contributed by atoms with Gasteiger partial charge in [-0.1, -0.05) is 36.4 Å². The molecule has 0 unspecified atom stereocenters. The van der Waals surface area contributed by atoms with Crippen molar-refractivity contribution in [2.75, 3.05) is 11.5 Å². The normalized spacial score (nSPS) is 17.4. The largest absolute Gasteiger partial charge is 0.415 e. The number of amides is 1. The summed E-state index contributed by atoms with van der Waals surface area (Å²) in [6.07, 6.45) is -0.645. The highest BCUT2D eigenvalue weighted by molar-refractivity contribution is 7.99. The smallest absolute Gasteiger partial charge is 0.375 e. The number of esters is 1. The second kappa shape index (κ2) is 6.20. The van der Waals surface area contributed by atoms with Crippen LogP contribution in [0.3, 0.4) is 0 Å². The van der Waals surface area contributed by atoms with Crippen LogP contribution in [0.25, 0.3) is 21.8 Å². The van der Waals surface area contributed by atoms with E-state index in [0.29, 0.717) is 5.75 Å². The molecular weight excluding hydrogens is 324 g/mol. The van der Waals surface area contributed by atoms with Crippen molar-refractivity contribution < 1.29 is 14.3 Å². The molecule has 1 N–H and O–H groups in total. The van der Waals surface area contributed by atoms with E-state index in [2.05, 4.69) is 63.2 Å². The first kappa shape index (κ1) is 15.1. The first-order chi connectivity index (χ1) is 11.7. The molecule has 0 radical (unpaired) electrons. The SMILES string of the molecule is O=C1N[C@@H](CSCCn2c3ccccc3c3ccccc32)C(=O)O1. The van der Waals surface area contributed by atoms with E-state index in [1.165, 1.54) is 21.8 Å². The minimum absolute atomic E-state index is 0.482. The minimum Gasteiger partial charge on any atom is -0.375 e. The van der Waals surface area contributed by atoms with Gasteiger partial charge in [-0.05, 0) is 12.1 Å². The predicted molar refractivity (Wildman–Crippen MR) is 95.2 cm³/mol. The lowest BCUT2D eigenvalue weighted by atomic mass is 10.2. The molecule has 1 fully saturated rings. The molecule has 1 aliphatic heterocycles. The summed E-state index contributed by atoms with van der Waals surface area (Å²) in [7, 11) is 0. The van der Waals surface area contributed by atoms with E-state index in [1.54, 1.807) is 11.8 Å². The molecule has 1 aromatic heterocycles. The number of hydrogen-bond donors (Lipinski definition) is 1. The predicted octanol–water partition coefficient (Wildman–Crippen LogP) is 3.16. The van der Waals surface area contributed by atoms with Crippen molar-refractivity contribution in [3.8, 4) is 0 Å². The van der Waals surface area contributed by atoms with Crippen molar-refractivity contribution in [3.05, 3.63) is 48.5 Å². The molecule has 0 saturated carbocycles. The molecule has 2 heterocycles. The highest BCUT2D eigenvalue weighted by Gasteiger charge is 2.31. The van der Waals surface area contributed by atoms with Crippen LogP contribution < -0.4 is 5.32 Å². The number of thioether (sulfide) groups is 1. The molecule has 4 rings (SSSR count). The van der Waals surface area contributed by atoms with Gasteiger partial charge >= 0.3 is 12.1 Å². The van der Waals surface area contributed by atoms with Crippen LogP contribution in [0.5, 0.6) is 0 Å². The van der Waals surface area contributed by atoms with Crippen LogP contribution in [0.2, 0.25) is 0 Å². The van der Waals surface area contributed by atoms with Gasteiger partial charge in [0.2, 0.25) is 0 Å². The van der Waals surface area contributed by atoms with Gasteiger partial charge in [0.05, 0.1) is 0 Å². The highest BCUT2D eigenvalue weighted by atomic mass is 32.2. The number of hydrogen-bond acceptors (Lipinski definition) is 4. The molecule has 0 spiro atoms. The standard InChI is InChI=1S/C18H16N2O3S/c21-17-14(19-18(22)23-17)11-24-10-9-20-15-7-3-1-5-12(15)13-6-2-4-8-16(13)20/h1-8,14H,9-11H2,(H,19,22)/t14-/m0/s1. The average molecular weight is 340 g/mol. The van der Waals surface area contributed by atoms with Gasteiger partial charge < -0.3 is 14.6 Å². The first-order valence-corrected chi connectivity index (χ1v) is 8.95. The Morgan fingerprint density at radius 3 is 2.21 bits per heavy atom. The third-order valence-corrected chi connectivity index (χ3v) is 5.23. The van der Waals surface area contributed by atoms with Gasteiger partial charge in [-0.15, -0.1) is 0 Å². The van der Waals surface area contributed by atoms with Crippen LogP contribution >= 0.6 is 11.8 Å². The van der Waals surface area contributed by atoms with Crippen molar-refractivity contribution in [1.82, 2.24) is 9.88 Å². The lowest BCUT2D eigenvalue weighted by molar-refractivity contribution is -0.134. The van der Waals surface area contributed by atoms with Crippen LogP contribution in [-0.2, 0) is 16.1 Å². The van der Waals surface area contributed by atoms with Gasteiger partial charge in [0.1, 0.15) is 6.04 Å². The number of para-hydroxylation sites is 2. The number of alkyl carbamates (subject to hydrolysis) is 1. The Balaban J connectivity index is 1.50. The maximum absolute atomic E-state index is 11.4. The maximum Gasteiger partial charge on any atom is 0.415 e. The zero-order valence-corrected chi connectivity index (χ0v) is 13.7. The Hall–Kier alpha value is -2.47. The van der Waals surface area contributed by atoms with E-state index in [0.717, 1.165) is 12.3 Å². The summed E-state index contributed by atoms with van der Waals surface area (Å²) in [5.74, 6) is 0.897. The van der Waals surface area contributed by atoms with Crippen LogP contribution in [0.1, 0.15) is 0 Å². The van der Waals surface area contributed by atoms with E-state index < -0.39 is 18.1 Å². The molecule has 1 aliphatic rings. The molecule has 1 amide bonds. The van der Waals surface area contributed by atoms with Crippen LogP contribution in [0.4, 0.5) is 4.79 Å². The molecule has 5 nitrogen and oxygen atoms in total. The summed E-state index contributed by atoms with van der Waals surface area (Å²) in [4.78, 5) is 22.4. The molecular formula is C18H16N2O3S. The van der Waals surface area contributed by atoms with Crippen LogP contribution in [0, 0.1) is 0 Å². The Morgan fingerprint density at radius 1 is 1.00 bits per heavy atom. The zero-order valence-electron chi connectivity index (χ0n) is 12.9.